The van der Waals surface area contributed by atoms with Crippen LogP contribution in [0.1, 0.15) is 24.5 Å². The van der Waals surface area contributed by atoms with Gasteiger partial charge < -0.3 is 5.32 Å². The Hall–Kier alpha value is -2.16. The molecular formula is C17H18FNO. The average Bonchev–Trinajstić information content (AvgIpc) is 2.47. The highest BCUT2D eigenvalue weighted by atomic mass is 19.1. The molecule has 0 aromatic heterocycles. The maximum absolute atomic E-state index is 13.5. The van der Waals surface area contributed by atoms with E-state index in [1.165, 1.54) is 6.07 Å². The Labute approximate surface area is 118 Å². The molecule has 0 heterocycles. The van der Waals surface area contributed by atoms with Gasteiger partial charge in [-0.25, -0.2) is 4.39 Å². The van der Waals surface area contributed by atoms with Gasteiger partial charge in [0, 0.05) is 12.1 Å². The molecule has 0 radical (unpaired) electrons. The molecule has 3 heteroatoms. The summed E-state index contributed by atoms with van der Waals surface area (Å²) in [5.74, 6) is -0.344. The highest BCUT2D eigenvalue weighted by Gasteiger charge is 2.07. The van der Waals surface area contributed by atoms with E-state index in [1.807, 2.05) is 31.2 Å². The number of carbonyl (C=O) groups excluding carboxylic acids is 1. The predicted molar refractivity (Wildman–Crippen MR) is 79.2 cm³/mol. The summed E-state index contributed by atoms with van der Waals surface area (Å²) >= 11 is 0. The van der Waals surface area contributed by atoms with Gasteiger partial charge in [-0.05, 0) is 36.1 Å². The second-order valence-corrected chi connectivity index (χ2v) is 4.65. The van der Waals surface area contributed by atoms with Crippen LogP contribution >= 0.6 is 0 Å². The van der Waals surface area contributed by atoms with E-state index in [9.17, 15) is 9.18 Å². The fraction of sp³-hybridized carbons (Fsp3) is 0.235. The van der Waals surface area contributed by atoms with Crippen LogP contribution in [0.3, 0.4) is 0 Å². The van der Waals surface area contributed by atoms with Crippen molar-refractivity contribution in [1.82, 2.24) is 0 Å². The Morgan fingerprint density at radius 2 is 1.70 bits per heavy atom. The molecule has 104 valence electrons. The molecule has 0 aliphatic carbocycles. The summed E-state index contributed by atoms with van der Waals surface area (Å²) < 4.78 is 13.5. The minimum Gasteiger partial charge on any atom is -0.326 e. The lowest BCUT2D eigenvalue weighted by molar-refractivity contribution is -0.116. The van der Waals surface area contributed by atoms with Crippen molar-refractivity contribution in [2.75, 3.05) is 5.32 Å². The number of anilines is 1. The van der Waals surface area contributed by atoms with Gasteiger partial charge in [-0.3, -0.25) is 4.79 Å². The molecule has 0 saturated carbocycles. The molecule has 1 amide bonds. The van der Waals surface area contributed by atoms with Crippen molar-refractivity contribution in [3.63, 3.8) is 0 Å². The molecule has 0 bridgehead atoms. The number of rotatable bonds is 5. The first-order valence-electron chi connectivity index (χ1n) is 6.82. The molecule has 2 nitrogen and oxygen atoms in total. The lowest BCUT2D eigenvalue weighted by Gasteiger charge is -2.09. The second-order valence-electron chi connectivity index (χ2n) is 4.65. The summed E-state index contributed by atoms with van der Waals surface area (Å²) in [6.07, 6.45) is 1.55. The Morgan fingerprint density at radius 1 is 1.05 bits per heavy atom. The minimum absolute atomic E-state index is 0.0887. The van der Waals surface area contributed by atoms with Crippen LogP contribution in [0.25, 0.3) is 0 Å². The summed E-state index contributed by atoms with van der Waals surface area (Å²) in [5.41, 5.74) is 2.52. The van der Waals surface area contributed by atoms with E-state index < -0.39 is 0 Å². The standard InChI is InChI=1S/C17H18FNO/c1-2-13-7-4-6-10-16(13)19-17(20)12-11-14-8-3-5-9-15(14)18/h3-10H,2,11-12H2,1H3,(H,19,20). The number of benzene rings is 2. The molecule has 1 N–H and O–H groups in total. The second kappa shape index (κ2) is 6.85. The zero-order valence-corrected chi connectivity index (χ0v) is 11.5. The van der Waals surface area contributed by atoms with Crippen molar-refractivity contribution in [3.05, 3.63) is 65.5 Å². The van der Waals surface area contributed by atoms with Crippen LogP contribution in [0.15, 0.2) is 48.5 Å². The van der Waals surface area contributed by atoms with Crippen LogP contribution in [0.5, 0.6) is 0 Å². The maximum Gasteiger partial charge on any atom is 0.224 e. The van der Waals surface area contributed by atoms with Gasteiger partial charge in [0.2, 0.25) is 5.91 Å². The van der Waals surface area contributed by atoms with Crippen molar-refractivity contribution >= 4 is 11.6 Å². The fourth-order valence-electron chi connectivity index (χ4n) is 2.11. The number of para-hydroxylation sites is 1. The third-order valence-corrected chi connectivity index (χ3v) is 3.25. The molecule has 2 rings (SSSR count). The first-order chi connectivity index (χ1) is 9.70. The highest BCUT2D eigenvalue weighted by Crippen LogP contribution is 2.16. The first-order valence-corrected chi connectivity index (χ1v) is 6.82. The Balaban J connectivity index is 1.95. The number of carbonyl (C=O) groups is 1. The predicted octanol–water partition coefficient (Wildman–Crippen LogP) is 3.96. The van der Waals surface area contributed by atoms with Gasteiger partial charge in [-0.15, -0.1) is 0 Å². The van der Waals surface area contributed by atoms with Gasteiger partial charge in [0.25, 0.3) is 0 Å². The third kappa shape index (κ3) is 3.67. The number of halogens is 1. The fourth-order valence-corrected chi connectivity index (χ4v) is 2.11. The molecule has 0 atom stereocenters. The lowest BCUT2D eigenvalue weighted by Crippen LogP contribution is -2.13. The van der Waals surface area contributed by atoms with Crippen LogP contribution < -0.4 is 5.32 Å². The van der Waals surface area contributed by atoms with E-state index in [2.05, 4.69) is 5.32 Å². The van der Waals surface area contributed by atoms with Gasteiger partial charge in [0.15, 0.2) is 0 Å². The van der Waals surface area contributed by atoms with Crippen molar-refractivity contribution in [2.45, 2.75) is 26.2 Å². The summed E-state index contributed by atoms with van der Waals surface area (Å²) in [5, 5.41) is 2.89. The molecule has 2 aromatic rings. The number of hydrogen-bond acceptors (Lipinski definition) is 1. The van der Waals surface area contributed by atoms with E-state index in [1.54, 1.807) is 18.2 Å². The van der Waals surface area contributed by atoms with E-state index in [0.29, 0.717) is 12.0 Å². The molecule has 0 unspecified atom stereocenters. The number of nitrogens with one attached hydrogen (secondary N) is 1. The van der Waals surface area contributed by atoms with Crippen LogP contribution in [0.2, 0.25) is 0 Å². The molecule has 0 aliphatic heterocycles. The van der Waals surface area contributed by atoms with Crippen molar-refractivity contribution < 1.29 is 9.18 Å². The van der Waals surface area contributed by atoms with Crippen LogP contribution in [0.4, 0.5) is 10.1 Å². The highest BCUT2D eigenvalue weighted by molar-refractivity contribution is 5.91. The third-order valence-electron chi connectivity index (χ3n) is 3.25. The van der Waals surface area contributed by atoms with Gasteiger partial charge >= 0.3 is 0 Å². The van der Waals surface area contributed by atoms with Crippen molar-refractivity contribution in [3.8, 4) is 0 Å². The minimum atomic E-state index is -0.255. The monoisotopic (exact) mass is 271 g/mol. The summed E-state index contributed by atoms with van der Waals surface area (Å²) in [6.45, 7) is 2.05. The van der Waals surface area contributed by atoms with E-state index in [-0.39, 0.29) is 18.1 Å². The average molecular weight is 271 g/mol. The molecule has 0 spiro atoms. The first kappa shape index (κ1) is 14.3. The van der Waals surface area contributed by atoms with Crippen molar-refractivity contribution in [1.29, 1.82) is 0 Å². The zero-order chi connectivity index (χ0) is 14.4. The van der Waals surface area contributed by atoms with Crippen LogP contribution in [0, 0.1) is 5.82 Å². The van der Waals surface area contributed by atoms with Gasteiger partial charge in [-0.2, -0.15) is 0 Å². The number of aryl methyl sites for hydroxylation is 2. The van der Waals surface area contributed by atoms with Crippen molar-refractivity contribution in [2.24, 2.45) is 0 Å². The van der Waals surface area contributed by atoms with Crippen LogP contribution in [-0.4, -0.2) is 5.91 Å². The topological polar surface area (TPSA) is 29.1 Å². The van der Waals surface area contributed by atoms with E-state index in [4.69, 9.17) is 0 Å². The Bertz CT molecular complexity index is 595. The Kier molecular flexibility index (Phi) is 4.88. The summed E-state index contributed by atoms with van der Waals surface area (Å²) in [6, 6.07) is 14.3. The van der Waals surface area contributed by atoms with Crippen LogP contribution in [-0.2, 0) is 17.6 Å². The molecule has 0 fully saturated rings. The number of amides is 1. The SMILES string of the molecule is CCc1ccccc1NC(=O)CCc1ccccc1F. The van der Waals surface area contributed by atoms with Gasteiger partial charge in [-0.1, -0.05) is 43.3 Å². The zero-order valence-electron chi connectivity index (χ0n) is 11.5. The Morgan fingerprint density at radius 3 is 2.40 bits per heavy atom. The smallest absolute Gasteiger partial charge is 0.224 e. The van der Waals surface area contributed by atoms with Gasteiger partial charge in [0.05, 0.1) is 0 Å². The molecule has 0 aliphatic rings. The molecule has 0 saturated heterocycles. The van der Waals surface area contributed by atoms with E-state index >= 15 is 0 Å². The quantitative estimate of drug-likeness (QED) is 0.876. The molecule has 2 aromatic carbocycles. The summed E-state index contributed by atoms with van der Waals surface area (Å²) in [4.78, 5) is 11.9. The van der Waals surface area contributed by atoms with E-state index in [0.717, 1.165) is 17.7 Å². The van der Waals surface area contributed by atoms with Gasteiger partial charge in [0.1, 0.15) is 5.82 Å². The lowest BCUT2D eigenvalue weighted by atomic mass is 10.1. The normalized spacial score (nSPS) is 10.3. The summed E-state index contributed by atoms with van der Waals surface area (Å²) in [7, 11) is 0. The molecule has 20 heavy (non-hydrogen) atoms. The largest absolute Gasteiger partial charge is 0.326 e. The maximum atomic E-state index is 13.5. The molecular weight excluding hydrogens is 253 g/mol. The number of hydrogen-bond donors (Lipinski definition) is 1.